The Balaban J connectivity index is 2.23. The van der Waals surface area contributed by atoms with Crippen molar-refractivity contribution in [2.75, 3.05) is 13.2 Å². The van der Waals surface area contributed by atoms with Gasteiger partial charge >= 0.3 is 0 Å². The number of nitrogens with zero attached hydrogens (tertiary/aromatic N) is 1. The molecule has 0 aliphatic heterocycles. The van der Waals surface area contributed by atoms with Gasteiger partial charge < -0.3 is 15.0 Å². The van der Waals surface area contributed by atoms with Crippen LogP contribution in [0.5, 0.6) is 5.75 Å². The van der Waals surface area contributed by atoms with Crippen molar-refractivity contribution in [2.45, 2.75) is 39.8 Å². The molecule has 0 radical (unpaired) electrons. The molecule has 2 rings (SSSR count). The van der Waals surface area contributed by atoms with Crippen LogP contribution in [0, 0.1) is 6.92 Å². The molecule has 29 heavy (non-hydrogen) atoms. The number of rotatable bonds is 9. The molecule has 1 N–H and O–H groups in total. The van der Waals surface area contributed by atoms with E-state index in [1.807, 2.05) is 45.0 Å². The van der Waals surface area contributed by atoms with E-state index in [-0.39, 0.29) is 18.4 Å². The topological polar surface area (TPSA) is 58.6 Å². The first-order valence-electron chi connectivity index (χ1n) is 9.56. The van der Waals surface area contributed by atoms with Crippen molar-refractivity contribution in [3.8, 4) is 5.75 Å². The van der Waals surface area contributed by atoms with Crippen LogP contribution in [0.1, 0.15) is 31.4 Å². The highest BCUT2D eigenvalue weighted by Gasteiger charge is 2.29. The second kappa shape index (κ2) is 11.1. The van der Waals surface area contributed by atoms with Crippen LogP contribution in [0.15, 0.2) is 42.5 Å². The van der Waals surface area contributed by atoms with Gasteiger partial charge in [0, 0.05) is 18.1 Å². The molecule has 0 spiro atoms. The normalized spacial score (nSPS) is 11.6. The van der Waals surface area contributed by atoms with E-state index in [1.165, 1.54) is 0 Å². The molecule has 7 heteroatoms. The molecule has 0 aliphatic carbocycles. The summed E-state index contributed by atoms with van der Waals surface area (Å²) in [5, 5.41) is 3.62. The van der Waals surface area contributed by atoms with Crippen LogP contribution < -0.4 is 10.1 Å². The number of benzene rings is 2. The van der Waals surface area contributed by atoms with Crippen LogP contribution in [0.25, 0.3) is 0 Å². The summed E-state index contributed by atoms with van der Waals surface area (Å²) < 4.78 is 5.62. The molecule has 0 fully saturated rings. The van der Waals surface area contributed by atoms with Gasteiger partial charge in [-0.3, -0.25) is 9.59 Å². The maximum atomic E-state index is 13.1. The first-order chi connectivity index (χ1) is 13.9. The summed E-state index contributed by atoms with van der Waals surface area (Å²) in [5.74, 6) is -0.106. The molecule has 0 saturated heterocycles. The molecule has 156 valence electrons. The number of carbonyl (C=O) groups is 2. The smallest absolute Gasteiger partial charge is 0.261 e. The number of carbonyl (C=O) groups excluding carboxylic acids is 2. The van der Waals surface area contributed by atoms with Gasteiger partial charge in [-0.05, 0) is 49.6 Å². The average Bonchev–Trinajstić information content (AvgIpc) is 2.68. The number of hydrogen-bond donors (Lipinski definition) is 1. The Labute approximate surface area is 181 Å². The molecular weight excluding hydrogens is 411 g/mol. The van der Waals surface area contributed by atoms with E-state index in [9.17, 15) is 9.59 Å². The van der Waals surface area contributed by atoms with Crippen molar-refractivity contribution in [2.24, 2.45) is 0 Å². The van der Waals surface area contributed by atoms with E-state index in [1.54, 1.807) is 23.1 Å². The second-order valence-corrected chi connectivity index (χ2v) is 7.47. The molecule has 0 aliphatic rings. The third kappa shape index (κ3) is 6.38. The SMILES string of the molecule is CCNC(=O)[C@@H](CC)N(Cc1ccccc1C)C(=O)COc1ccc(Cl)cc1Cl. The number of ether oxygens (including phenoxy) is 1. The van der Waals surface area contributed by atoms with Crippen molar-refractivity contribution in [3.05, 3.63) is 63.6 Å². The van der Waals surface area contributed by atoms with Gasteiger partial charge in [0.1, 0.15) is 11.8 Å². The van der Waals surface area contributed by atoms with Crippen LogP contribution in [-0.4, -0.2) is 35.9 Å². The second-order valence-electron chi connectivity index (χ2n) is 6.63. The summed E-state index contributed by atoms with van der Waals surface area (Å²) >= 11 is 12.0. The van der Waals surface area contributed by atoms with Crippen molar-refractivity contribution in [1.29, 1.82) is 0 Å². The molecular formula is C22H26Cl2N2O3. The zero-order valence-electron chi connectivity index (χ0n) is 16.9. The number of aryl methyl sites for hydroxylation is 1. The quantitative estimate of drug-likeness (QED) is 0.623. The van der Waals surface area contributed by atoms with Gasteiger partial charge in [-0.2, -0.15) is 0 Å². The Morgan fingerprint density at radius 1 is 1.14 bits per heavy atom. The van der Waals surface area contributed by atoms with E-state index in [0.29, 0.717) is 35.3 Å². The fourth-order valence-corrected chi connectivity index (χ4v) is 3.46. The Bertz CT molecular complexity index is 858. The molecule has 0 heterocycles. The standard InChI is InChI=1S/C22H26Cl2N2O3/c1-4-19(22(28)25-5-2)26(13-16-9-7-6-8-15(16)3)21(27)14-29-20-11-10-17(23)12-18(20)24/h6-12,19H,4-5,13-14H2,1-3H3,(H,25,28)/t19-/m1/s1. The maximum Gasteiger partial charge on any atom is 0.261 e. The van der Waals surface area contributed by atoms with Crippen LogP contribution >= 0.6 is 23.2 Å². The maximum absolute atomic E-state index is 13.1. The highest BCUT2D eigenvalue weighted by atomic mass is 35.5. The van der Waals surface area contributed by atoms with E-state index in [2.05, 4.69) is 5.32 Å². The van der Waals surface area contributed by atoms with Crippen molar-refractivity contribution in [3.63, 3.8) is 0 Å². The summed E-state index contributed by atoms with van der Waals surface area (Å²) in [4.78, 5) is 27.2. The van der Waals surface area contributed by atoms with Crippen LogP contribution in [-0.2, 0) is 16.1 Å². The lowest BCUT2D eigenvalue weighted by molar-refractivity contribution is -0.142. The molecule has 0 unspecified atom stereocenters. The van der Waals surface area contributed by atoms with Gasteiger partial charge in [0.05, 0.1) is 5.02 Å². The molecule has 5 nitrogen and oxygen atoms in total. The minimum absolute atomic E-state index is 0.179. The van der Waals surface area contributed by atoms with Gasteiger partial charge in [0.15, 0.2) is 6.61 Å². The van der Waals surface area contributed by atoms with E-state index in [4.69, 9.17) is 27.9 Å². The van der Waals surface area contributed by atoms with E-state index < -0.39 is 6.04 Å². The predicted octanol–water partition coefficient (Wildman–Crippen LogP) is 4.62. The summed E-state index contributed by atoms with van der Waals surface area (Å²) in [6.07, 6.45) is 0.491. The first kappa shape index (κ1) is 23.0. The molecule has 0 bridgehead atoms. The number of halogens is 2. The van der Waals surface area contributed by atoms with Crippen molar-refractivity contribution < 1.29 is 14.3 Å². The average molecular weight is 437 g/mol. The summed E-state index contributed by atoms with van der Waals surface area (Å²) in [7, 11) is 0. The minimum atomic E-state index is -0.591. The number of nitrogens with one attached hydrogen (secondary N) is 1. The lowest BCUT2D eigenvalue weighted by atomic mass is 10.1. The molecule has 1 atom stereocenters. The zero-order chi connectivity index (χ0) is 21.4. The first-order valence-corrected chi connectivity index (χ1v) is 10.3. The fourth-order valence-electron chi connectivity index (χ4n) is 3.00. The monoisotopic (exact) mass is 436 g/mol. The Morgan fingerprint density at radius 2 is 1.86 bits per heavy atom. The zero-order valence-corrected chi connectivity index (χ0v) is 18.4. The van der Waals surface area contributed by atoms with Gasteiger partial charge in [-0.15, -0.1) is 0 Å². The largest absolute Gasteiger partial charge is 0.482 e. The number of likely N-dealkylation sites (N-methyl/N-ethyl adjacent to an activating group) is 1. The number of amides is 2. The van der Waals surface area contributed by atoms with Gasteiger partial charge in [-0.1, -0.05) is 54.4 Å². The van der Waals surface area contributed by atoms with E-state index in [0.717, 1.165) is 11.1 Å². The van der Waals surface area contributed by atoms with Crippen molar-refractivity contribution in [1.82, 2.24) is 10.2 Å². The Morgan fingerprint density at radius 3 is 2.48 bits per heavy atom. The van der Waals surface area contributed by atoms with Gasteiger partial charge in [0.25, 0.3) is 5.91 Å². The Kier molecular flexibility index (Phi) is 8.80. The lowest BCUT2D eigenvalue weighted by Crippen LogP contribution is -2.50. The predicted molar refractivity (Wildman–Crippen MR) is 116 cm³/mol. The third-order valence-electron chi connectivity index (χ3n) is 4.58. The lowest BCUT2D eigenvalue weighted by Gasteiger charge is -2.31. The van der Waals surface area contributed by atoms with E-state index >= 15 is 0 Å². The van der Waals surface area contributed by atoms with Crippen molar-refractivity contribution >= 4 is 35.0 Å². The van der Waals surface area contributed by atoms with Gasteiger partial charge in [-0.25, -0.2) is 0 Å². The van der Waals surface area contributed by atoms with Crippen LogP contribution in [0.2, 0.25) is 10.0 Å². The van der Waals surface area contributed by atoms with Crippen LogP contribution in [0.4, 0.5) is 0 Å². The minimum Gasteiger partial charge on any atom is -0.482 e. The molecule has 2 aromatic rings. The summed E-state index contributed by atoms with van der Waals surface area (Å²) in [6, 6.07) is 12.0. The van der Waals surface area contributed by atoms with Crippen LogP contribution in [0.3, 0.4) is 0 Å². The highest BCUT2D eigenvalue weighted by molar-refractivity contribution is 6.35. The molecule has 0 aromatic heterocycles. The highest BCUT2D eigenvalue weighted by Crippen LogP contribution is 2.27. The fraction of sp³-hybridized carbons (Fsp3) is 0.364. The molecule has 0 saturated carbocycles. The number of hydrogen-bond acceptors (Lipinski definition) is 3. The summed E-state index contributed by atoms with van der Waals surface area (Å²) in [5.41, 5.74) is 2.03. The Hall–Kier alpha value is -2.24. The third-order valence-corrected chi connectivity index (χ3v) is 5.11. The van der Waals surface area contributed by atoms with Gasteiger partial charge in [0.2, 0.25) is 5.91 Å². The molecule has 2 aromatic carbocycles. The molecule has 2 amide bonds. The summed E-state index contributed by atoms with van der Waals surface area (Å²) in [6.45, 7) is 6.30.